The molecule has 23 heavy (non-hydrogen) atoms. The number of ether oxygens (including phenoxy) is 1. The lowest BCUT2D eigenvalue weighted by Gasteiger charge is -2.21. The first-order valence-corrected chi connectivity index (χ1v) is 9.84. The van der Waals surface area contributed by atoms with Gasteiger partial charge < -0.3 is 15.2 Å². The van der Waals surface area contributed by atoms with E-state index in [1.165, 1.54) is 31.5 Å². The number of nitrogens with one attached hydrogen (secondary N) is 1. The molecule has 2 aliphatic heterocycles. The molecule has 0 saturated carbocycles. The van der Waals surface area contributed by atoms with Gasteiger partial charge in [-0.25, -0.2) is 0 Å². The minimum atomic E-state index is -0.511. The standard InChI is InChI=1S/C18H28N2O2S/c21-18(7-12-23-15-18)14-19-13-16-3-5-17(6-4-16)22-11-10-20-8-1-2-9-20/h3-6,19,21H,1-2,7-15H2. The largest absolute Gasteiger partial charge is 0.492 e. The number of nitrogens with zero attached hydrogens (tertiary/aromatic N) is 1. The molecule has 4 nitrogen and oxygen atoms in total. The lowest BCUT2D eigenvalue weighted by atomic mass is 10.0. The van der Waals surface area contributed by atoms with Crippen molar-refractivity contribution >= 4 is 11.8 Å². The van der Waals surface area contributed by atoms with E-state index in [-0.39, 0.29) is 0 Å². The molecule has 0 aliphatic carbocycles. The molecule has 0 spiro atoms. The van der Waals surface area contributed by atoms with Gasteiger partial charge >= 0.3 is 0 Å². The number of benzene rings is 1. The third kappa shape index (κ3) is 5.38. The summed E-state index contributed by atoms with van der Waals surface area (Å²) in [7, 11) is 0. The molecule has 0 aromatic heterocycles. The van der Waals surface area contributed by atoms with Gasteiger partial charge in [-0.1, -0.05) is 12.1 Å². The molecular formula is C18H28N2O2S. The summed E-state index contributed by atoms with van der Waals surface area (Å²) in [5.74, 6) is 2.87. The molecule has 3 rings (SSSR count). The van der Waals surface area contributed by atoms with E-state index in [0.717, 1.165) is 43.4 Å². The Balaban J connectivity index is 1.35. The number of aliphatic hydroxyl groups is 1. The highest BCUT2D eigenvalue weighted by atomic mass is 32.2. The van der Waals surface area contributed by atoms with Gasteiger partial charge in [0.1, 0.15) is 12.4 Å². The molecule has 1 atom stereocenters. The Morgan fingerprint density at radius 1 is 1.22 bits per heavy atom. The van der Waals surface area contributed by atoms with Crippen molar-refractivity contribution in [2.45, 2.75) is 31.4 Å². The third-order valence-corrected chi connectivity index (χ3v) is 5.90. The minimum absolute atomic E-state index is 0.511. The summed E-state index contributed by atoms with van der Waals surface area (Å²) in [5, 5.41) is 13.7. The summed E-state index contributed by atoms with van der Waals surface area (Å²) in [6.45, 7) is 5.70. The summed E-state index contributed by atoms with van der Waals surface area (Å²) < 4.78 is 5.82. The van der Waals surface area contributed by atoms with Gasteiger partial charge in [-0.2, -0.15) is 11.8 Å². The topological polar surface area (TPSA) is 44.7 Å². The molecule has 128 valence electrons. The molecule has 1 aromatic carbocycles. The lowest BCUT2D eigenvalue weighted by molar-refractivity contribution is 0.0674. The van der Waals surface area contributed by atoms with Crippen LogP contribution in [0.3, 0.4) is 0 Å². The summed E-state index contributed by atoms with van der Waals surface area (Å²) in [6.07, 6.45) is 3.56. The van der Waals surface area contributed by atoms with Crippen molar-refractivity contribution in [3.8, 4) is 5.75 Å². The van der Waals surface area contributed by atoms with E-state index in [9.17, 15) is 5.11 Å². The Bertz CT molecular complexity index is 468. The normalized spacial score (nSPS) is 25.1. The summed E-state index contributed by atoms with van der Waals surface area (Å²) in [6, 6.07) is 8.29. The smallest absolute Gasteiger partial charge is 0.119 e. The molecule has 2 aliphatic rings. The number of hydrogen-bond donors (Lipinski definition) is 2. The molecule has 2 saturated heterocycles. The molecule has 2 N–H and O–H groups in total. The Morgan fingerprint density at radius 2 is 2.00 bits per heavy atom. The zero-order valence-electron chi connectivity index (χ0n) is 13.8. The second-order valence-electron chi connectivity index (χ2n) is 6.67. The van der Waals surface area contributed by atoms with Gasteiger partial charge in [0.15, 0.2) is 0 Å². The Hall–Kier alpha value is -0.750. The third-order valence-electron chi connectivity index (χ3n) is 4.66. The van der Waals surface area contributed by atoms with Gasteiger partial charge in [0.2, 0.25) is 0 Å². The number of thioether (sulfide) groups is 1. The van der Waals surface area contributed by atoms with Crippen molar-refractivity contribution in [3.63, 3.8) is 0 Å². The van der Waals surface area contributed by atoms with Crippen LogP contribution in [0.1, 0.15) is 24.8 Å². The van der Waals surface area contributed by atoms with Gasteiger partial charge in [-0.15, -0.1) is 0 Å². The summed E-state index contributed by atoms with van der Waals surface area (Å²) in [5.41, 5.74) is 0.717. The monoisotopic (exact) mass is 336 g/mol. The number of likely N-dealkylation sites (tertiary alicyclic amines) is 1. The van der Waals surface area contributed by atoms with E-state index in [0.29, 0.717) is 6.54 Å². The van der Waals surface area contributed by atoms with Crippen LogP contribution in [0.15, 0.2) is 24.3 Å². The molecule has 5 heteroatoms. The fourth-order valence-electron chi connectivity index (χ4n) is 3.18. The Kier molecular flexibility index (Phi) is 6.22. The lowest BCUT2D eigenvalue weighted by Crippen LogP contribution is -2.40. The molecule has 0 radical (unpaired) electrons. The van der Waals surface area contributed by atoms with Crippen LogP contribution in [0.5, 0.6) is 5.75 Å². The van der Waals surface area contributed by atoms with Crippen LogP contribution in [0, 0.1) is 0 Å². The van der Waals surface area contributed by atoms with Crippen LogP contribution in [0.2, 0.25) is 0 Å². The minimum Gasteiger partial charge on any atom is -0.492 e. The van der Waals surface area contributed by atoms with Crippen LogP contribution < -0.4 is 10.1 Å². The van der Waals surface area contributed by atoms with Crippen molar-refractivity contribution in [3.05, 3.63) is 29.8 Å². The number of rotatable bonds is 8. The van der Waals surface area contributed by atoms with Crippen LogP contribution in [0.4, 0.5) is 0 Å². The predicted molar refractivity (Wildman–Crippen MR) is 96.2 cm³/mol. The predicted octanol–water partition coefficient (Wildman–Crippen LogP) is 2.12. The number of hydrogen-bond acceptors (Lipinski definition) is 5. The maximum Gasteiger partial charge on any atom is 0.119 e. The van der Waals surface area contributed by atoms with E-state index in [1.54, 1.807) is 0 Å². The van der Waals surface area contributed by atoms with Gasteiger partial charge in [0, 0.05) is 25.4 Å². The fraction of sp³-hybridized carbons (Fsp3) is 0.667. The fourth-order valence-corrected chi connectivity index (χ4v) is 4.47. The summed E-state index contributed by atoms with van der Waals surface area (Å²) in [4.78, 5) is 2.46. The molecule has 2 heterocycles. The van der Waals surface area contributed by atoms with Crippen LogP contribution in [-0.4, -0.2) is 59.9 Å². The van der Waals surface area contributed by atoms with Crippen molar-refractivity contribution < 1.29 is 9.84 Å². The second-order valence-corrected chi connectivity index (χ2v) is 7.78. The molecule has 0 bridgehead atoms. The SMILES string of the molecule is OC1(CNCc2ccc(OCCN3CCCC3)cc2)CCSC1. The van der Waals surface area contributed by atoms with Crippen LogP contribution >= 0.6 is 11.8 Å². The maximum absolute atomic E-state index is 10.3. The quantitative estimate of drug-likeness (QED) is 0.761. The van der Waals surface area contributed by atoms with E-state index in [1.807, 2.05) is 23.9 Å². The highest BCUT2D eigenvalue weighted by Gasteiger charge is 2.30. The molecule has 1 aromatic rings. The van der Waals surface area contributed by atoms with Crippen LogP contribution in [-0.2, 0) is 6.54 Å². The first-order valence-electron chi connectivity index (χ1n) is 8.69. The Morgan fingerprint density at radius 3 is 2.70 bits per heavy atom. The van der Waals surface area contributed by atoms with Gasteiger partial charge in [0.25, 0.3) is 0 Å². The zero-order valence-corrected chi connectivity index (χ0v) is 14.6. The van der Waals surface area contributed by atoms with Crippen molar-refractivity contribution in [2.24, 2.45) is 0 Å². The van der Waals surface area contributed by atoms with E-state index in [4.69, 9.17) is 4.74 Å². The molecule has 1 unspecified atom stereocenters. The molecule has 2 fully saturated rings. The van der Waals surface area contributed by atoms with Gasteiger partial charge in [0.05, 0.1) is 5.60 Å². The molecular weight excluding hydrogens is 308 g/mol. The molecule has 0 amide bonds. The summed E-state index contributed by atoms with van der Waals surface area (Å²) >= 11 is 1.84. The van der Waals surface area contributed by atoms with E-state index >= 15 is 0 Å². The Labute approximate surface area is 143 Å². The van der Waals surface area contributed by atoms with E-state index < -0.39 is 5.60 Å². The van der Waals surface area contributed by atoms with Crippen molar-refractivity contribution in [2.75, 3.05) is 44.3 Å². The van der Waals surface area contributed by atoms with Gasteiger partial charge in [-0.05, 0) is 55.8 Å². The second kappa shape index (κ2) is 8.38. The average molecular weight is 337 g/mol. The zero-order chi connectivity index (χ0) is 16.0. The first kappa shape index (κ1) is 17.1. The highest BCUT2D eigenvalue weighted by molar-refractivity contribution is 7.99. The van der Waals surface area contributed by atoms with Gasteiger partial charge in [-0.3, -0.25) is 4.90 Å². The van der Waals surface area contributed by atoms with Crippen molar-refractivity contribution in [1.29, 1.82) is 0 Å². The van der Waals surface area contributed by atoms with Crippen LogP contribution in [0.25, 0.3) is 0 Å². The average Bonchev–Trinajstić information content (AvgIpc) is 3.21. The van der Waals surface area contributed by atoms with Crippen molar-refractivity contribution in [1.82, 2.24) is 10.2 Å². The maximum atomic E-state index is 10.3. The van der Waals surface area contributed by atoms with E-state index in [2.05, 4.69) is 22.3 Å². The first-order chi connectivity index (χ1) is 11.2. The highest BCUT2D eigenvalue weighted by Crippen LogP contribution is 2.27.